The van der Waals surface area contributed by atoms with Gasteiger partial charge in [-0.25, -0.2) is 4.98 Å². The third-order valence-electron chi connectivity index (χ3n) is 5.84. The molecule has 3 aromatic rings. The van der Waals surface area contributed by atoms with Crippen LogP contribution in [0.25, 0.3) is 16.7 Å². The zero-order valence-electron chi connectivity index (χ0n) is 17.0. The molecule has 0 atom stereocenters. The highest BCUT2D eigenvalue weighted by Crippen LogP contribution is 2.32. The second-order valence-electron chi connectivity index (χ2n) is 8.12. The van der Waals surface area contributed by atoms with Crippen LogP contribution >= 0.6 is 0 Å². The van der Waals surface area contributed by atoms with Gasteiger partial charge in [0, 0.05) is 18.8 Å². The molecule has 146 valence electrons. The van der Waals surface area contributed by atoms with Gasteiger partial charge in [0.05, 0.1) is 17.0 Å². The first-order valence-electron chi connectivity index (χ1n) is 9.89. The quantitative estimate of drug-likeness (QED) is 0.727. The number of nitrogens with zero attached hydrogens (tertiary/aromatic N) is 3. The number of piperidine rings is 1. The van der Waals surface area contributed by atoms with Gasteiger partial charge < -0.3 is 10.0 Å². The van der Waals surface area contributed by atoms with Crippen molar-refractivity contribution in [3.8, 4) is 5.69 Å². The van der Waals surface area contributed by atoms with Crippen molar-refractivity contribution < 1.29 is 9.90 Å². The van der Waals surface area contributed by atoms with Gasteiger partial charge in [-0.1, -0.05) is 6.07 Å². The van der Waals surface area contributed by atoms with Crippen molar-refractivity contribution in [2.75, 3.05) is 18.0 Å². The van der Waals surface area contributed by atoms with Crippen molar-refractivity contribution in [1.29, 1.82) is 0 Å². The number of carbonyl (C=O) groups is 1. The van der Waals surface area contributed by atoms with Crippen LogP contribution in [0.15, 0.2) is 30.3 Å². The maximum Gasteiger partial charge on any atom is 0.306 e. The van der Waals surface area contributed by atoms with Gasteiger partial charge in [0.1, 0.15) is 0 Å². The molecule has 5 nitrogen and oxygen atoms in total. The van der Waals surface area contributed by atoms with Gasteiger partial charge in [-0.3, -0.25) is 9.36 Å². The number of aliphatic carboxylic acids is 1. The molecule has 1 saturated heterocycles. The first kappa shape index (κ1) is 18.5. The predicted octanol–water partition coefficient (Wildman–Crippen LogP) is 4.56. The van der Waals surface area contributed by atoms with Crippen LogP contribution < -0.4 is 4.90 Å². The largest absolute Gasteiger partial charge is 0.481 e. The maximum atomic E-state index is 11.3. The summed E-state index contributed by atoms with van der Waals surface area (Å²) in [7, 11) is 0. The molecule has 1 aliphatic heterocycles. The van der Waals surface area contributed by atoms with Crippen molar-refractivity contribution in [1.82, 2.24) is 9.55 Å². The van der Waals surface area contributed by atoms with Gasteiger partial charge in [-0.15, -0.1) is 0 Å². The summed E-state index contributed by atoms with van der Waals surface area (Å²) in [4.78, 5) is 18.6. The summed E-state index contributed by atoms with van der Waals surface area (Å²) in [6, 6.07) is 10.9. The van der Waals surface area contributed by atoms with E-state index in [0.717, 1.165) is 22.7 Å². The molecule has 1 N–H and O–H groups in total. The number of fused-ring (bicyclic) bond motifs is 1. The molecule has 4 rings (SSSR count). The molecular weight excluding hydrogens is 350 g/mol. The molecule has 1 aliphatic rings. The van der Waals surface area contributed by atoms with E-state index in [4.69, 9.17) is 4.98 Å². The Morgan fingerprint density at radius 2 is 1.57 bits per heavy atom. The third kappa shape index (κ3) is 3.26. The number of hydrogen-bond donors (Lipinski definition) is 1. The summed E-state index contributed by atoms with van der Waals surface area (Å²) >= 11 is 0. The smallest absolute Gasteiger partial charge is 0.306 e. The predicted molar refractivity (Wildman–Crippen MR) is 113 cm³/mol. The molecule has 0 amide bonds. The lowest BCUT2D eigenvalue weighted by atomic mass is 9.97. The lowest BCUT2D eigenvalue weighted by molar-refractivity contribution is -0.142. The SMILES string of the molecule is Cc1cc(C)cc(-n2c(N3CCC(C(=O)O)CC3)nc3cc(C)c(C)cc32)c1. The molecular formula is C23H27N3O2. The van der Waals surface area contributed by atoms with E-state index in [1.165, 1.54) is 22.3 Å². The Labute approximate surface area is 165 Å². The topological polar surface area (TPSA) is 58.4 Å². The summed E-state index contributed by atoms with van der Waals surface area (Å²) in [5.74, 6) is -0.0256. The molecule has 0 bridgehead atoms. The van der Waals surface area contributed by atoms with E-state index in [2.05, 4.69) is 67.5 Å². The van der Waals surface area contributed by atoms with Crippen molar-refractivity contribution in [2.24, 2.45) is 5.92 Å². The van der Waals surface area contributed by atoms with Crippen LogP contribution in [-0.2, 0) is 4.79 Å². The van der Waals surface area contributed by atoms with Gasteiger partial charge >= 0.3 is 5.97 Å². The highest BCUT2D eigenvalue weighted by molar-refractivity contribution is 5.83. The van der Waals surface area contributed by atoms with E-state index >= 15 is 0 Å². The molecule has 1 aromatic heterocycles. The van der Waals surface area contributed by atoms with Crippen LogP contribution in [0.1, 0.15) is 35.1 Å². The van der Waals surface area contributed by atoms with Crippen LogP contribution in [-0.4, -0.2) is 33.7 Å². The fourth-order valence-electron chi connectivity index (χ4n) is 4.19. The van der Waals surface area contributed by atoms with E-state index < -0.39 is 5.97 Å². The molecule has 2 aromatic carbocycles. The van der Waals surface area contributed by atoms with Gasteiger partial charge in [-0.05, 0) is 87.1 Å². The first-order valence-corrected chi connectivity index (χ1v) is 9.89. The van der Waals surface area contributed by atoms with Crippen LogP contribution in [0.3, 0.4) is 0 Å². The number of aryl methyl sites for hydroxylation is 4. The van der Waals surface area contributed by atoms with Crippen molar-refractivity contribution in [3.05, 3.63) is 52.6 Å². The summed E-state index contributed by atoms with van der Waals surface area (Å²) in [6.45, 7) is 9.90. The Morgan fingerprint density at radius 1 is 0.964 bits per heavy atom. The molecule has 2 heterocycles. The number of imidazole rings is 1. The number of anilines is 1. The summed E-state index contributed by atoms with van der Waals surface area (Å²) < 4.78 is 2.24. The molecule has 0 aliphatic carbocycles. The summed E-state index contributed by atoms with van der Waals surface area (Å²) in [5.41, 5.74) is 8.11. The Balaban J connectivity index is 1.87. The van der Waals surface area contributed by atoms with E-state index in [9.17, 15) is 9.90 Å². The zero-order chi connectivity index (χ0) is 20.0. The minimum Gasteiger partial charge on any atom is -0.481 e. The summed E-state index contributed by atoms with van der Waals surface area (Å²) in [5, 5.41) is 9.32. The number of aromatic nitrogens is 2. The summed E-state index contributed by atoms with van der Waals surface area (Å²) in [6.07, 6.45) is 1.31. The third-order valence-corrected chi connectivity index (χ3v) is 5.84. The Hall–Kier alpha value is -2.82. The fraction of sp³-hybridized carbons (Fsp3) is 0.391. The second kappa shape index (κ2) is 6.97. The van der Waals surface area contributed by atoms with Crippen LogP contribution in [0.5, 0.6) is 0 Å². The molecule has 0 spiro atoms. The van der Waals surface area contributed by atoms with Crippen molar-refractivity contribution in [2.45, 2.75) is 40.5 Å². The van der Waals surface area contributed by atoms with E-state index in [1.54, 1.807) is 0 Å². The molecule has 1 fully saturated rings. The average molecular weight is 377 g/mol. The fourth-order valence-corrected chi connectivity index (χ4v) is 4.19. The molecule has 5 heteroatoms. The molecule has 28 heavy (non-hydrogen) atoms. The van der Waals surface area contributed by atoms with E-state index in [0.29, 0.717) is 25.9 Å². The van der Waals surface area contributed by atoms with Gasteiger partial charge in [0.25, 0.3) is 0 Å². The van der Waals surface area contributed by atoms with E-state index in [1.807, 2.05) is 0 Å². The lowest BCUT2D eigenvalue weighted by Crippen LogP contribution is -2.37. The van der Waals surface area contributed by atoms with Crippen LogP contribution in [0, 0.1) is 33.6 Å². The zero-order valence-corrected chi connectivity index (χ0v) is 17.0. The first-order chi connectivity index (χ1) is 13.3. The van der Waals surface area contributed by atoms with Crippen LogP contribution in [0.2, 0.25) is 0 Å². The molecule has 0 saturated carbocycles. The normalized spacial score (nSPS) is 15.4. The minimum absolute atomic E-state index is 0.250. The van der Waals surface area contributed by atoms with Crippen molar-refractivity contribution >= 4 is 23.0 Å². The van der Waals surface area contributed by atoms with Crippen molar-refractivity contribution in [3.63, 3.8) is 0 Å². The van der Waals surface area contributed by atoms with Gasteiger partial charge in [-0.2, -0.15) is 0 Å². The Morgan fingerprint density at radius 3 is 2.18 bits per heavy atom. The Bertz CT molecular complexity index is 1040. The number of carboxylic acids is 1. The molecule has 0 unspecified atom stereocenters. The highest BCUT2D eigenvalue weighted by Gasteiger charge is 2.28. The van der Waals surface area contributed by atoms with Gasteiger partial charge in [0.15, 0.2) is 0 Å². The Kier molecular flexibility index (Phi) is 4.61. The maximum absolute atomic E-state index is 11.3. The van der Waals surface area contributed by atoms with Crippen LogP contribution in [0.4, 0.5) is 5.95 Å². The number of benzene rings is 2. The minimum atomic E-state index is -0.686. The standard InChI is InChI=1S/C23H27N3O2/c1-14-9-15(2)11-19(10-14)26-21-13-17(4)16(3)12-20(21)24-23(26)25-7-5-18(6-8-25)22(27)28/h9-13,18H,5-8H2,1-4H3,(H,27,28). The van der Waals surface area contributed by atoms with Gasteiger partial charge in [0.2, 0.25) is 5.95 Å². The van der Waals surface area contributed by atoms with E-state index in [-0.39, 0.29) is 5.92 Å². The number of hydrogen-bond acceptors (Lipinski definition) is 3. The number of rotatable bonds is 3. The lowest BCUT2D eigenvalue weighted by Gasteiger charge is -2.31. The number of carboxylic acid groups (broad SMARTS) is 1. The average Bonchev–Trinajstić information content (AvgIpc) is 2.99. The highest BCUT2D eigenvalue weighted by atomic mass is 16.4. The molecule has 0 radical (unpaired) electrons. The monoisotopic (exact) mass is 377 g/mol. The second-order valence-corrected chi connectivity index (χ2v) is 8.12.